The van der Waals surface area contributed by atoms with Gasteiger partial charge in [-0.05, 0) is 50.3 Å². The van der Waals surface area contributed by atoms with Crippen LogP contribution in [0, 0.1) is 5.82 Å². The molecule has 2 N–H and O–H groups in total. The summed E-state index contributed by atoms with van der Waals surface area (Å²) in [4.78, 5) is 65.8. The van der Waals surface area contributed by atoms with Gasteiger partial charge in [0.25, 0.3) is 0 Å². The Morgan fingerprint density at radius 1 is 1.16 bits per heavy atom. The molecule has 3 rings (SSSR count). The number of nitrogens with one attached hydrogen (secondary N) is 1. The molecule has 0 bridgehead atoms. The van der Waals surface area contributed by atoms with E-state index in [9.17, 15) is 33.5 Å². The van der Waals surface area contributed by atoms with Gasteiger partial charge in [0.1, 0.15) is 23.5 Å². The van der Waals surface area contributed by atoms with Crippen LogP contribution >= 0.6 is 0 Å². The fourth-order valence-corrected chi connectivity index (χ4v) is 5.17. The highest BCUT2D eigenvalue weighted by atomic mass is 19.1. The maximum absolute atomic E-state index is 13.9. The third kappa shape index (κ3) is 6.00. The van der Waals surface area contributed by atoms with Crippen LogP contribution in [0.25, 0.3) is 0 Å². The number of rotatable bonds is 8. The molecule has 2 aliphatic heterocycles. The van der Waals surface area contributed by atoms with Crippen molar-refractivity contribution in [3.8, 4) is 0 Å². The molecular weight excluding hydrogens is 489 g/mol. The molecule has 0 saturated carbocycles. The molecule has 0 radical (unpaired) electrons. The fourth-order valence-electron chi connectivity index (χ4n) is 5.17. The lowest BCUT2D eigenvalue weighted by Crippen LogP contribution is -2.64. The molecule has 12 heteroatoms. The molecule has 0 aromatic heterocycles. The number of hydrogen-bond acceptors (Lipinski definition) is 7. The van der Waals surface area contributed by atoms with Gasteiger partial charge >= 0.3 is 18.0 Å². The summed E-state index contributed by atoms with van der Waals surface area (Å²) in [6.45, 7) is 2.99. The molecule has 37 heavy (non-hydrogen) atoms. The Morgan fingerprint density at radius 3 is 2.43 bits per heavy atom. The Kier molecular flexibility index (Phi) is 8.72. The number of halogens is 1. The van der Waals surface area contributed by atoms with Gasteiger partial charge in [-0.1, -0.05) is 12.1 Å². The second-order valence-corrected chi connectivity index (χ2v) is 9.35. The van der Waals surface area contributed by atoms with E-state index >= 15 is 0 Å². The number of nitrogens with zero attached hydrogens (tertiary/aromatic N) is 2. The second kappa shape index (κ2) is 11.6. The summed E-state index contributed by atoms with van der Waals surface area (Å²) in [6.07, 6.45) is -0.785. The fraction of sp³-hybridized carbons (Fsp3) is 0.560. The molecule has 1 aromatic carbocycles. The number of carboxylic acid groups (broad SMARTS) is 1. The van der Waals surface area contributed by atoms with E-state index in [1.165, 1.54) is 36.1 Å². The molecule has 2 heterocycles. The first-order valence-electron chi connectivity index (χ1n) is 12.1. The highest BCUT2D eigenvalue weighted by molar-refractivity contribution is 5.97. The summed E-state index contributed by atoms with van der Waals surface area (Å²) in [5, 5.41) is 12.2. The van der Waals surface area contributed by atoms with E-state index in [0.717, 1.165) is 18.9 Å². The van der Waals surface area contributed by atoms with E-state index in [-0.39, 0.29) is 25.9 Å². The highest BCUT2D eigenvalue weighted by Gasteiger charge is 2.53. The van der Waals surface area contributed by atoms with Gasteiger partial charge in [0, 0.05) is 26.4 Å². The number of carbonyl (C=O) groups is 5. The molecule has 1 aromatic rings. The minimum absolute atomic E-state index is 0.000480. The van der Waals surface area contributed by atoms with Gasteiger partial charge in [0.05, 0.1) is 7.11 Å². The molecular formula is C25H32FN3O8. The predicted molar refractivity (Wildman–Crippen MR) is 127 cm³/mol. The molecule has 11 nitrogen and oxygen atoms in total. The standard InChI is InChI=1S/C25H32FN3O8/c1-15(37-16(2)30)20(22(32)36-3)27-23(33)25(14-17-7-9-18(26)10-8-17)11-5-13-29(25)21(31)19-6-4-12-28(19)24(34)35/h7-10,15,19-20H,4-6,11-14H2,1-3H3,(H,27,33)(H,34,35). The molecule has 3 amide bonds. The monoisotopic (exact) mass is 521 g/mol. The molecule has 2 saturated heterocycles. The second-order valence-electron chi connectivity index (χ2n) is 9.35. The van der Waals surface area contributed by atoms with Crippen molar-refractivity contribution in [2.75, 3.05) is 20.2 Å². The first kappa shape index (κ1) is 27.9. The number of benzene rings is 1. The highest BCUT2D eigenvalue weighted by Crippen LogP contribution is 2.36. The summed E-state index contributed by atoms with van der Waals surface area (Å²) in [7, 11) is 1.13. The lowest BCUT2D eigenvalue weighted by atomic mass is 9.86. The van der Waals surface area contributed by atoms with Crippen molar-refractivity contribution in [1.29, 1.82) is 0 Å². The zero-order chi connectivity index (χ0) is 27.3. The van der Waals surface area contributed by atoms with E-state index in [2.05, 4.69) is 5.32 Å². The van der Waals surface area contributed by atoms with Crippen LogP contribution in [-0.2, 0) is 35.1 Å². The van der Waals surface area contributed by atoms with E-state index in [1.807, 2.05) is 0 Å². The first-order valence-corrected chi connectivity index (χ1v) is 12.1. The SMILES string of the molecule is COC(=O)C(NC(=O)C1(Cc2ccc(F)cc2)CCCN1C(=O)C1CCCN1C(=O)O)C(C)OC(C)=O. The van der Waals surface area contributed by atoms with E-state index in [1.54, 1.807) is 0 Å². The maximum Gasteiger partial charge on any atom is 0.407 e. The quantitative estimate of drug-likeness (QED) is 0.490. The van der Waals surface area contributed by atoms with Crippen LogP contribution in [0.4, 0.5) is 9.18 Å². The molecule has 0 aliphatic carbocycles. The summed E-state index contributed by atoms with van der Waals surface area (Å²) in [5.41, 5.74) is -0.926. The number of amides is 3. The summed E-state index contributed by atoms with van der Waals surface area (Å²) >= 11 is 0. The van der Waals surface area contributed by atoms with Crippen LogP contribution in [-0.4, -0.2) is 88.7 Å². The number of methoxy groups -OCH3 is 1. The van der Waals surface area contributed by atoms with Gasteiger partial charge in [-0.2, -0.15) is 0 Å². The van der Waals surface area contributed by atoms with Crippen molar-refractivity contribution in [2.24, 2.45) is 0 Å². The van der Waals surface area contributed by atoms with Gasteiger partial charge < -0.3 is 24.8 Å². The average molecular weight is 522 g/mol. The molecule has 0 spiro atoms. The van der Waals surface area contributed by atoms with Gasteiger partial charge in [-0.3, -0.25) is 19.3 Å². The van der Waals surface area contributed by atoms with Crippen molar-refractivity contribution in [3.05, 3.63) is 35.6 Å². The van der Waals surface area contributed by atoms with Gasteiger partial charge in [-0.25, -0.2) is 14.0 Å². The normalized spacial score (nSPS) is 22.8. The average Bonchev–Trinajstić information content (AvgIpc) is 3.51. The Hall–Kier alpha value is -3.70. The lowest BCUT2D eigenvalue weighted by Gasteiger charge is -2.40. The van der Waals surface area contributed by atoms with Crippen molar-refractivity contribution >= 4 is 29.8 Å². The molecule has 4 unspecified atom stereocenters. The summed E-state index contributed by atoms with van der Waals surface area (Å²) in [5.74, 6) is -3.16. The van der Waals surface area contributed by atoms with Crippen molar-refractivity contribution in [3.63, 3.8) is 0 Å². The number of esters is 2. The largest absolute Gasteiger partial charge is 0.467 e. The summed E-state index contributed by atoms with van der Waals surface area (Å²) in [6, 6.07) is 3.20. The van der Waals surface area contributed by atoms with Gasteiger partial charge in [-0.15, -0.1) is 0 Å². The molecule has 202 valence electrons. The maximum atomic E-state index is 13.9. The minimum Gasteiger partial charge on any atom is -0.467 e. The van der Waals surface area contributed by atoms with Crippen LogP contribution in [0.1, 0.15) is 45.1 Å². The Morgan fingerprint density at radius 2 is 1.84 bits per heavy atom. The Labute approximate surface area is 213 Å². The van der Waals surface area contributed by atoms with Crippen LogP contribution in [0.3, 0.4) is 0 Å². The molecule has 4 atom stereocenters. The van der Waals surface area contributed by atoms with Crippen LogP contribution < -0.4 is 5.32 Å². The third-order valence-corrected chi connectivity index (χ3v) is 6.93. The topological polar surface area (TPSA) is 143 Å². The zero-order valence-corrected chi connectivity index (χ0v) is 21.1. The smallest absolute Gasteiger partial charge is 0.407 e. The van der Waals surface area contributed by atoms with E-state index < -0.39 is 59.4 Å². The van der Waals surface area contributed by atoms with Crippen molar-refractivity contribution in [2.45, 2.75) is 69.7 Å². The van der Waals surface area contributed by atoms with E-state index in [0.29, 0.717) is 24.8 Å². The van der Waals surface area contributed by atoms with Crippen LogP contribution in [0.2, 0.25) is 0 Å². The summed E-state index contributed by atoms with van der Waals surface area (Å²) < 4.78 is 23.5. The Balaban J connectivity index is 1.99. The third-order valence-electron chi connectivity index (χ3n) is 6.93. The zero-order valence-electron chi connectivity index (χ0n) is 21.1. The minimum atomic E-state index is -1.50. The lowest BCUT2D eigenvalue weighted by molar-refractivity contribution is -0.158. The first-order chi connectivity index (χ1) is 17.5. The number of ether oxygens (including phenoxy) is 2. The number of likely N-dealkylation sites (tertiary alicyclic amines) is 2. The van der Waals surface area contributed by atoms with Gasteiger partial charge in [0.15, 0.2) is 6.04 Å². The van der Waals surface area contributed by atoms with Crippen molar-refractivity contribution in [1.82, 2.24) is 15.1 Å². The number of hydrogen-bond donors (Lipinski definition) is 2. The van der Waals surface area contributed by atoms with Crippen LogP contribution in [0.15, 0.2) is 24.3 Å². The number of carbonyl (C=O) groups excluding carboxylic acids is 4. The Bertz CT molecular complexity index is 1050. The molecule has 2 fully saturated rings. The van der Waals surface area contributed by atoms with E-state index in [4.69, 9.17) is 9.47 Å². The molecule has 2 aliphatic rings. The predicted octanol–water partition coefficient (Wildman–Crippen LogP) is 1.48. The van der Waals surface area contributed by atoms with Crippen LogP contribution in [0.5, 0.6) is 0 Å². The van der Waals surface area contributed by atoms with Gasteiger partial charge in [0.2, 0.25) is 11.8 Å². The van der Waals surface area contributed by atoms with Crippen molar-refractivity contribution < 1.29 is 42.9 Å².